The summed E-state index contributed by atoms with van der Waals surface area (Å²) in [6, 6.07) is 41.0. The third kappa shape index (κ3) is 8.57. The lowest BCUT2D eigenvalue weighted by Gasteiger charge is -2.19. The van der Waals surface area contributed by atoms with Crippen molar-refractivity contribution in [2.75, 3.05) is 0 Å². The number of para-hydroxylation sites is 6. The maximum absolute atomic E-state index is 11.9. The fourth-order valence-electron chi connectivity index (χ4n) is 10.3. The molecule has 0 atom stereocenters. The summed E-state index contributed by atoms with van der Waals surface area (Å²) in [6.07, 6.45) is 2.86. The van der Waals surface area contributed by atoms with Gasteiger partial charge in [0.25, 0.3) is 0 Å². The third-order valence-electron chi connectivity index (χ3n) is 13.8. The molecule has 68 heavy (non-hydrogen) atoms. The van der Waals surface area contributed by atoms with Crippen molar-refractivity contribution >= 4 is 0 Å². The van der Waals surface area contributed by atoms with Crippen LogP contribution in [0.5, 0.6) is 46.0 Å². The smallest absolute Gasteiger partial charge is 0.122 e. The SMILES string of the molecule is C=C(Cc1cc2c(O)c(c1)Cc1cccc(c1O)Cc1cccc(c1O)Cc1cccc(c1O)C2)Cc1cc2c(O)c(c1)Cc1cccc(c1O)Cc1cccc(c1O)Cc1cccc(c1O)C2. The number of allylic oxidation sites excluding steroid dienone is 1. The molecular formula is C60H52O8. The molecule has 0 unspecified atom stereocenters. The van der Waals surface area contributed by atoms with Crippen LogP contribution in [0.25, 0.3) is 0 Å². The van der Waals surface area contributed by atoms with Gasteiger partial charge < -0.3 is 40.9 Å². The molecule has 8 aromatic carbocycles. The summed E-state index contributed by atoms with van der Waals surface area (Å²) in [5.74, 6) is 0.788. The normalized spacial score (nSPS) is 13.2. The second-order valence-corrected chi connectivity index (χ2v) is 18.6. The molecule has 2 aliphatic rings. The number of fused-ring (bicyclic) bond motifs is 16. The number of hydrogen-bond donors (Lipinski definition) is 8. The first-order valence-electron chi connectivity index (χ1n) is 23.0. The molecule has 8 nitrogen and oxygen atoms in total. The Kier molecular flexibility index (Phi) is 11.6. The second kappa shape index (κ2) is 17.9. The number of rotatable bonds is 4. The largest absolute Gasteiger partial charge is 0.507 e. The molecule has 8 aromatic rings. The molecule has 340 valence electrons. The van der Waals surface area contributed by atoms with E-state index in [0.29, 0.717) is 102 Å². The molecule has 10 rings (SSSR count). The van der Waals surface area contributed by atoms with E-state index < -0.39 is 0 Å². The van der Waals surface area contributed by atoms with Gasteiger partial charge in [-0.3, -0.25) is 0 Å². The predicted octanol–water partition coefficient (Wildman–Crippen LogP) is 11.0. The summed E-state index contributed by atoms with van der Waals surface area (Å²) in [5.41, 5.74) is 12.7. The number of phenolic OH excluding ortho intramolecular Hbond substituents is 8. The summed E-state index contributed by atoms with van der Waals surface area (Å²) >= 11 is 0. The van der Waals surface area contributed by atoms with E-state index in [2.05, 4.69) is 6.58 Å². The average molecular weight is 901 g/mol. The molecule has 2 aliphatic carbocycles. The fraction of sp³-hybridized carbons (Fsp3) is 0.167. The molecule has 0 radical (unpaired) electrons. The predicted molar refractivity (Wildman–Crippen MR) is 264 cm³/mol. The van der Waals surface area contributed by atoms with Crippen molar-refractivity contribution in [3.63, 3.8) is 0 Å². The van der Waals surface area contributed by atoms with Crippen LogP contribution in [0.3, 0.4) is 0 Å². The van der Waals surface area contributed by atoms with E-state index in [1.54, 1.807) is 0 Å². The first-order chi connectivity index (χ1) is 32.9. The van der Waals surface area contributed by atoms with Crippen LogP contribution in [0.2, 0.25) is 0 Å². The van der Waals surface area contributed by atoms with Crippen LogP contribution < -0.4 is 0 Å². The lowest BCUT2D eigenvalue weighted by atomic mass is 9.88. The van der Waals surface area contributed by atoms with Crippen molar-refractivity contribution in [2.45, 2.75) is 64.2 Å². The van der Waals surface area contributed by atoms with Gasteiger partial charge in [-0.1, -0.05) is 146 Å². The highest BCUT2D eigenvalue weighted by atomic mass is 16.3. The maximum Gasteiger partial charge on any atom is 0.122 e. The minimum Gasteiger partial charge on any atom is -0.507 e. The van der Waals surface area contributed by atoms with Crippen LogP contribution in [-0.2, 0) is 64.2 Å². The van der Waals surface area contributed by atoms with Gasteiger partial charge in [0.05, 0.1) is 0 Å². The van der Waals surface area contributed by atoms with Crippen LogP contribution in [0.4, 0.5) is 0 Å². The van der Waals surface area contributed by atoms with Crippen LogP contribution in [0.1, 0.15) is 100 Å². The molecule has 0 heterocycles. The average Bonchev–Trinajstić information content (AvgIpc) is 3.31. The van der Waals surface area contributed by atoms with Crippen molar-refractivity contribution in [1.29, 1.82) is 0 Å². The Morgan fingerprint density at radius 2 is 0.412 bits per heavy atom. The first kappa shape index (κ1) is 43.8. The highest BCUT2D eigenvalue weighted by molar-refractivity contribution is 5.58. The molecule has 0 aromatic heterocycles. The Hall–Kier alpha value is -8.10. The van der Waals surface area contributed by atoms with Crippen LogP contribution in [-0.4, -0.2) is 40.9 Å². The fourth-order valence-corrected chi connectivity index (χ4v) is 10.3. The number of hydrogen-bond acceptors (Lipinski definition) is 8. The van der Waals surface area contributed by atoms with Crippen molar-refractivity contribution in [3.05, 3.63) is 246 Å². The molecule has 0 spiro atoms. The van der Waals surface area contributed by atoms with Gasteiger partial charge in [0.15, 0.2) is 0 Å². The quantitative estimate of drug-likeness (QED) is 0.0810. The molecular weight excluding hydrogens is 849 g/mol. The minimum atomic E-state index is 0.0762. The molecule has 0 aliphatic heterocycles. The van der Waals surface area contributed by atoms with Crippen LogP contribution in [0.15, 0.2) is 146 Å². The van der Waals surface area contributed by atoms with Gasteiger partial charge in [0.2, 0.25) is 0 Å². The Labute approximate surface area is 395 Å². The van der Waals surface area contributed by atoms with E-state index in [4.69, 9.17) is 0 Å². The molecule has 0 amide bonds. The third-order valence-corrected chi connectivity index (χ3v) is 13.8. The summed E-state index contributed by atoms with van der Waals surface area (Å²) in [6.45, 7) is 4.54. The summed E-state index contributed by atoms with van der Waals surface area (Å²) in [7, 11) is 0. The zero-order chi connectivity index (χ0) is 47.2. The van der Waals surface area contributed by atoms with Gasteiger partial charge in [-0.2, -0.15) is 0 Å². The second-order valence-electron chi connectivity index (χ2n) is 18.6. The number of aromatic hydroxyl groups is 8. The Balaban J connectivity index is 1.01. The van der Waals surface area contributed by atoms with Gasteiger partial charge in [-0.05, 0) is 113 Å². The van der Waals surface area contributed by atoms with Crippen molar-refractivity contribution in [2.24, 2.45) is 0 Å². The standard InChI is InChI=1S/C60H52O8/c1-34(20-35-22-49-30-45-16-4-12-41(55(45)63)26-37-8-2-9-38(53(37)61)27-42-13-5-17-46(56(42)64)31-50(23-35)59(49)67)21-36-24-51-32-47-18-6-14-43(57(47)65)28-39-10-3-11-40(54(39)62)29-44-15-7-19-48(58(44)66)33-52(25-36)60(51)68/h2-19,22-25,61-68H,1,20-21,26-33H2. The molecule has 0 saturated heterocycles. The Morgan fingerprint density at radius 1 is 0.265 bits per heavy atom. The molecule has 8 N–H and O–H groups in total. The molecule has 0 fully saturated rings. The van der Waals surface area contributed by atoms with E-state index >= 15 is 0 Å². The van der Waals surface area contributed by atoms with E-state index in [1.165, 1.54) is 0 Å². The van der Waals surface area contributed by atoms with Gasteiger partial charge >= 0.3 is 0 Å². The lowest BCUT2D eigenvalue weighted by molar-refractivity contribution is 0.449. The highest BCUT2D eigenvalue weighted by Gasteiger charge is 2.22. The lowest BCUT2D eigenvalue weighted by Crippen LogP contribution is -2.04. The van der Waals surface area contributed by atoms with E-state index in [-0.39, 0.29) is 97.4 Å². The summed E-state index contributed by atoms with van der Waals surface area (Å²) in [4.78, 5) is 0. The van der Waals surface area contributed by atoms with E-state index in [0.717, 1.165) is 16.7 Å². The van der Waals surface area contributed by atoms with Gasteiger partial charge in [-0.15, -0.1) is 0 Å². The van der Waals surface area contributed by atoms with Crippen molar-refractivity contribution in [1.82, 2.24) is 0 Å². The van der Waals surface area contributed by atoms with Gasteiger partial charge in [0, 0.05) is 51.4 Å². The molecule has 8 heteroatoms. The van der Waals surface area contributed by atoms with Gasteiger partial charge in [0.1, 0.15) is 46.0 Å². The Morgan fingerprint density at radius 3 is 0.588 bits per heavy atom. The van der Waals surface area contributed by atoms with Gasteiger partial charge in [-0.25, -0.2) is 0 Å². The minimum absolute atomic E-state index is 0.0762. The van der Waals surface area contributed by atoms with E-state index in [9.17, 15) is 40.9 Å². The highest BCUT2D eigenvalue weighted by Crippen LogP contribution is 2.41. The van der Waals surface area contributed by atoms with Crippen LogP contribution in [0, 0.1) is 0 Å². The van der Waals surface area contributed by atoms with Crippen LogP contribution >= 0.6 is 0 Å². The van der Waals surface area contributed by atoms with Crippen molar-refractivity contribution < 1.29 is 40.9 Å². The monoisotopic (exact) mass is 900 g/mol. The Bertz CT molecular complexity index is 2900. The maximum atomic E-state index is 11.9. The number of benzene rings is 8. The zero-order valence-electron chi connectivity index (χ0n) is 37.6. The summed E-state index contributed by atoms with van der Waals surface area (Å²) < 4.78 is 0. The summed E-state index contributed by atoms with van der Waals surface area (Å²) in [5, 5.41) is 93.2. The number of phenols is 8. The van der Waals surface area contributed by atoms with Crippen molar-refractivity contribution in [3.8, 4) is 46.0 Å². The molecule has 16 bridgehead atoms. The topological polar surface area (TPSA) is 162 Å². The zero-order valence-corrected chi connectivity index (χ0v) is 37.6. The molecule has 0 saturated carbocycles. The van der Waals surface area contributed by atoms with E-state index in [1.807, 2.05) is 133 Å². The first-order valence-corrected chi connectivity index (χ1v) is 23.0.